The number of amides is 1. The Bertz CT molecular complexity index is 2120. The lowest BCUT2D eigenvalue weighted by Crippen LogP contribution is -2.35. The molecule has 0 atom stereocenters. The highest BCUT2D eigenvalue weighted by Gasteiger charge is 2.46. The van der Waals surface area contributed by atoms with Crippen LogP contribution in [0.3, 0.4) is 0 Å². The number of nitriles is 1. The Morgan fingerprint density at radius 1 is 0.778 bits per heavy atom. The summed E-state index contributed by atoms with van der Waals surface area (Å²) in [6.45, 7) is 0.579. The van der Waals surface area contributed by atoms with Crippen molar-refractivity contribution in [3.63, 3.8) is 0 Å². The van der Waals surface area contributed by atoms with Crippen LogP contribution in [0.1, 0.15) is 50.2 Å². The average Bonchev–Trinajstić information content (AvgIpc) is 3.76. The van der Waals surface area contributed by atoms with Gasteiger partial charge in [-0.2, -0.15) is 5.26 Å². The molecule has 0 spiro atoms. The van der Waals surface area contributed by atoms with Crippen molar-refractivity contribution in [2.75, 3.05) is 0 Å². The number of carboxylic acids is 1. The topological polar surface area (TPSA) is 95.1 Å². The molecule has 6 heteroatoms. The molecule has 1 fully saturated rings. The molecule has 0 bridgehead atoms. The third kappa shape index (κ3) is 5.48. The number of aromatic nitrogens is 1. The van der Waals surface area contributed by atoms with Crippen LogP contribution in [0, 0.1) is 11.3 Å². The first-order valence-electron chi connectivity index (χ1n) is 14.9. The van der Waals surface area contributed by atoms with Crippen molar-refractivity contribution < 1.29 is 14.7 Å². The quantitative estimate of drug-likeness (QED) is 0.189. The smallest absolute Gasteiger partial charge is 0.335 e. The third-order valence-electron chi connectivity index (χ3n) is 8.60. The molecular weight excluding hydrogens is 558 g/mol. The van der Waals surface area contributed by atoms with Crippen LogP contribution in [0.15, 0.2) is 128 Å². The molecule has 6 nitrogen and oxygen atoms in total. The number of benzene rings is 5. The Morgan fingerprint density at radius 3 is 2.20 bits per heavy atom. The Hall–Kier alpha value is -5.93. The molecule has 6 aromatic rings. The Morgan fingerprint density at radius 2 is 1.49 bits per heavy atom. The van der Waals surface area contributed by atoms with Crippen LogP contribution in [0.25, 0.3) is 33.2 Å². The number of fused-ring (bicyclic) bond motifs is 1. The van der Waals surface area contributed by atoms with Crippen LogP contribution < -0.4 is 5.32 Å². The minimum absolute atomic E-state index is 0.198. The summed E-state index contributed by atoms with van der Waals surface area (Å²) in [5, 5.41) is 23.1. The summed E-state index contributed by atoms with van der Waals surface area (Å²) in [6, 6.07) is 41.1. The first-order valence-corrected chi connectivity index (χ1v) is 14.9. The van der Waals surface area contributed by atoms with E-state index < -0.39 is 11.5 Å². The summed E-state index contributed by atoms with van der Waals surface area (Å²) in [5.74, 6) is -1.18. The zero-order valence-electron chi connectivity index (χ0n) is 24.4. The van der Waals surface area contributed by atoms with Gasteiger partial charge in [-0.25, -0.2) is 4.79 Å². The molecule has 218 valence electrons. The second kappa shape index (κ2) is 11.3. The van der Waals surface area contributed by atoms with Crippen molar-refractivity contribution in [1.29, 1.82) is 5.26 Å². The fraction of sp³-hybridized carbons (Fsp3) is 0.103. The maximum absolute atomic E-state index is 14.2. The van der Waals surface area contributed by atoms with Crippen LogP contribution in [-0.2, 0) is 12.1 Å². The van der Waals surface area contributed by atoms with Gasteiger partial charge in [0, 0.05) is 18.1 Å². The predicted octanol–water partition coefficient (Wildman–Crippen LogP) is 8.01. The lowest BCUT2D eigenvalue weighted by atomic mass is 9.97. The number of carbonyl (C=O) groups is 2. The summed E-state index contributed by atoms with van der Waals surface area (Å²) in [7, 11) is 0. The minimum atomic E-state index is -0.981. The summed E-state index contributed by atoms with van der Waals surface area (Å²) >= 11 is 0. The van der Waals surface area contributed by atoms with Crippen molar-refractivity contribution in [2.45, 2.75) is 24.9 Å². The molecule has 7 rings (SSSR count). The van der Waals surface area contributed by atoms with Gasteiger partial charge in [0.05, 0.1) is 33.8 Å². The standard InChI is InChI=1S/C39H29N3O3/c40-24-26-6-4-11-31(20-26)33-22-32-16-19-42(25-27-7-5-10-30(21-27)28-8-2-1-3-9-28)36(32)35(23-33)37(43)41-39(17-18-39)34-14-12-29(13-15-34)38(44)45/h1-16,19-23H,17-18,25H2,(H,41,43)(H,44,45). The number of nitrogens with zero attached hydrogens (tertiary/aromatic N) is 2. The van der Waals surface area contributed by atoms with Crippen LogP contribution >= 0.6 is 0 Å². The zero-order chi connectivity index (χ0) is 31.0. The fourth-order valence-corrected chi connectivity index (χ4v) is 6.09. The van der Waals surface area contributed by atoms with Crippen LogP contribution in [0.4, 0.5) is 0 Å². The van der Waals surface area contributed by atoms with Gasteiger partial charge in [-0.1, -0.05) is 72.8 Å². The maximum Gasteiger partial charge on any atom is 0.335 e. The van der Waals surface area contributed by atoms with Gasteiger partial charge in [-0.15, -0.1) is 0 Å². The van der Waals surface area contributed by atoms with Crippen molar-refractivity contribution in [3.8, 4) is 28.3 Å². The monoisotopic (exact) mass is 587 g/mol. The van der Waals surface area contributed by atoms with E-state index in [2.05, 4.69) is 58.4 Å². The highest BCUT2D eigenvalue weighted by atomic mass is 16.4. The molecule has 1 aromatic heterocycles. The molecule has 1 heterocycles. The van der Waals surface area contributed by atoms with Crippen molar-refractivity contribution in [2.24, 2.45) is 0 Å². The van der Waals surface area contributed by atoms with Crippen molar-refractivity contribution >= 4 is 22.8 Å². The normalized spacial score (nSPS) is 13.2. The zero-order valence-corrected chi connectivity index (χ0v) is 24.4. The average molecular weight is 588 g/mol. The first kappa shape index (κ1) is 27.9. The fourth-order valence-electron chi connectivity index (χ4n) is 6.09. The Labute approximate surface area is 260 Å². The van der Waals surface area contributed by atoms with Crippen molar-refractivity contribution in [1.82, 2.24) is 9.88 Å². The van der Waals surface area contributed by atoms with E-state index in [1.807, 2.05) is 54.7 Å². The van der Waals surface area contributed by atoms with E-state index in [1.165, 1.54) is 0 Å². The van der Waals surface area contributed by atoms with Crippen LogP contribution in [-0.4, -0.2) is 21.6 Å². The SMILES string of the molecule is N#Cc1cccc(-c2cc(C(=O)NC3(c4ccc(C(=O)O)cc4)CC3)c3c(ccn3Cc3cccc(-c4ccccc4)c3)c2)c1. The van der Waals surface area contributed by atoms with Gasteiger partial charge in [0.1, 0.15) is 0 Å². The van der Waals surface area contributed by atoms with Gasteiger partial charge in [0.25, 0.3) is 5.91 Å². The number of rotatable bonds is 8. The number of carboxylic acid groups (broad SMARTS) is 1. The van der Waals surface area contributed by atoms with E-state index in [0.717, 1.165) is 57.1 Å². The lowest BCUT2D eigenvalue weighted by Gasteiger charge is -2.20. The predicted molar refractivity (Wildman–Crippen MR) is 175 cm³/mol. The summed E-state index contributed by atoms with van der Waals surface area (Å²) in [4.78, 5) is 25.6. The van der Waals surface area contributed by atoms with E-state index in [9.17, 15) is 20.0 Å². The highest BCUT2D eigenvalue weighted by molar-refractivity contribution is 6.08. The van der Waals surface area contributed by atoms with Gasteiger partial charge in [-0.3, -0.25) is 4.79 Å². The summed E-state index contributed by atoms with van der Waals surface area (Å²) in [5.41, 5.74) is 7.59. The molecule has 0 saturated heterocycles. The molecular formula is C39H29N3O3. The minimum Gasteiger partial charge on any atom is -0.478 e. The number of carbonyl (C=O) groups excluding carboxylic acids is 1. The number of hydrogen-bond acceptors (Lipinski definition) is 3. The van der Waals surface area contributed by atoms with E-state index in [-0.39, 0.29) is 11.5 Å². The van der Waals surface area contributed by atoms with Crippen LogP contribution in [0.2, 0.25) is 0 Å². The molecule has 0 unspecified atom stereocenters. The second-order valence-electron chi connectivity index (χ2n) is 11.6. The van der Waals surface area contributed by atoms with Crippen LogP contribution in [0.5, 0.6) is 0 Å². The third-order valence-corrected chi connectivity index (χ3v) is 8.60. The van der Waals surface area contributed by atoms with Gasteiger partial charge < -0.3 is 15.0 Å². The highest BCUT2D eigenvalue weighted by Crippen LogP contribution is 2.46. The molecule has 45 heavy (non-hydrogen) atoms. The van der Waals surface area contributed by atoms with Gasteiger partial charge in [0.2, 0.25) is 0 Å². The molecule has 2 N–H and O–H groups in total. The van der Waals surface area contributed by atoms with Gasteiger partial charge in [-0.05, 0) is 94.8 Å². The van der Waals surface area contributed by atoms with Gasteiger partial charge in [0.15, 0.2) is 0 Å². The molecule has 1 aliphatic carbocycles. The van der Waals surface area contributed by atoms with E-state index in [0.29, 0.717) is 17.7 Å². The van der Waals surface area contributed by atoms with Gasteiger partial charge >= 0.3 is 5.97 Å². The molecule has 1 saturated carbocycles. The first-order chi connectivity index (χ1) is 21.9. The Balaban J connectivity index is 1.29. The molecule has 1 amide bonds. The molecule has 0 aliphatic heterocycles. The molecule has 0 radical (unpaired) electrons. The largest absolute Gasteiger partial charge is 0.478 e. The lowest BCUT2D eigenvalue weighted by molar-refractivity contribution is 0.0696. The van der Waals surface area contributed by atoms with Crippen molar-refractivity contribution in [3.05, 3.63) is 155 Å². The molecule has 5 aromatic carbocycles. The summed E-state index contributed by atoms with van der Waals surface area (Å²) < 4.78 is 2.12. The van der Waals surface area contributed by atoms with E-state index >= 15 is 0 Å². The Kier molecular flexibility index (Phi) is 6.99. The second-order valence-corrected chi connectivity index (χ2v) is 11.6. The van der Waals surface area contributed by atoms with E-state index in [4.69, 9.17) is 0 Å². The molecule has 1 aliphatic rings. The van der Waals surface area contributed by atoms with E-state index in [1.54, 1.807) is 30.3 Å². The number of hydrogen-bond donors (Lipinski definition) is 2. The maximum atomic E-state index is 14.2. The number of nitrogens with one attached hydrogen (secondary N) is 1. The summed E-state index contributed by atoms with van der Waals surface area (Å²) in [6.07, 6.45) is 3.56. The number of aromatic carboxylic acids is 1.